The Hall–Kier alpha value is -1.44. The van der Waals surface area contributed by atoms with Gasteiger partial charge >= 0.3 is 6.18 Å². The predicted octanol–water partition coefficient (Wildman–Crippen LogP) is 2.71. The van der Waals surface area contributed by atoms with Crippen molar-refractivity contribution in [1.82, 2.24) is 4.98 Å². The minimum absolute atomic E-state index is 0.139. The maximum atomic E-state index is 11.9. The third kappa shape index (κ3) is 6.90. The van der Waals surface area contributed by atoms with Gasteiger partial charge in [0.15, 0.2) is 6.61 Å². The number of nitrogens with one attached hydrogen (secondary N) is 1. The molecule has 1 amide bonds. The maximum absolute atomic E-state index is 11.9. The summed E-state index contributed by atoms with van der Waals surface area (Å²) >= 11 is 1.55. The van der Waals surface area contributed by atoms with Crippen LogP contribution in [0.2, 0.25) is 0 Å². The lowest BCUT2D eigenvalue weighted by atomic mass is 10.4. The van der Waals surface area contributed by atoms with Crippen molar-refractivity contribution in [1.29, 1.82) is 0 Å². The highest BCUT2D eigenvalue weighted by Crippen LogP contribution is 2.18. The van der Waals surface area contributed by atoms with Gasteiger partial charge in [-0.3, -0.25) is 4.79 Å². The molecule has 1 aromatic heterocycles. The summed E-state index contributed by atoms with van der Waals surface area (Å²) in [5.74, 6) is 0.394. The number of thioether (sulfide) groups is 1. The molecular weight excluding hydrogens is 281 g/mol. The lowest BCUT2D eigenvalue weighted by Crippen LogP contribution is -2.19. The summed E-state index contributed by atoms with van der Waals surface area (Å²) in [5, 5.41) is 2.58. The molecule has 0 radical (unpaired) electrons. The number of halogens is 3. The number of hydrogen-bond acceptors (Lipinski definition) is 4. The molecule has 0 aliphatic carbocycles. The van der Waals surface area contributed by atoms with Crippen LogP contribution in [0.5, 0.6) is 5.88 Å². The quantitative estimate of drug-likeness (QED) is 0.876. The van der Waals surface area contributed by atoms with E-state index >= 15 is 0 Å². The molecular formula is C11H13F3N2O2S. The lowest BCUT2D eigenvalue weighted by molar-refractivity contribution is -0.154. The number of amides is 1. The van der Waals surface area contributed by atoms with Gasteiger partial charge in [0.05, 0.1) is 11.9 Å². The molecule has 1 N–H and O–H groups in total. The van der Waals surface area contributed by atoms with Gasteiger partial charge in [-0.05, 0) is 12.3 Å². The number of hydrogen-bond donors (Lipinski definition) is 1. The molecule has 1 rings (SSSR count). The monoisotopic (exact) mass is 294 g/mol. The number of anilines is 1. The standard InChI is InChI=1S/C11H13F3N2O2S/c1-19-5-4-9(17)16-8-2-3-10(15-6-8)18-7-11(12,13)14/h2-3,6H,4-5,7H2,1H3,(H,16,17). The molecule has 1 heterocycles. The molecule has 0 spiro atoms. The topological polar surface area (TPSA) is 51.2 Å². The number of rotatable bonds is 6. The van der Waals surface area contributed by atoms with E-state index in [1.807, 2.05) is 6.26 Å². The van der Waals surface area contributed by atoms with Gasteiger partial charge in [0, 0.05) is 18.2 Å². The first-order valence-electron chi connectivity index (χ1n) is 5.35. The van der Waals surface area contributed by atoms with Crippen molar-refractivity contribution in [3.63, 3.8) is 0 Å². The Labute approximate surface area is 112 Å². The van der Waals surface area contributed by atoms with E-state index in [-0.39, 0.29) is 11.8 Å². The minimum atomic E-state index is -4.40. The van der Waals surface area contributed by atoms with Crippen LogP contribution in [0.25, 0.3) is 0 Å². The second kappa shape index (κ2) is 7.22. The van der Waals surface area contributed by atoms with Gasteiger partial charge in [0.25, 0.3) is 0 Å². The predicted molar refractivity (Wildman–Crippen MR) is 67.4 cm³/mol. The zero-order chi connectivity index (χ0) is 14.3. The number of nitrogens with zero attached hydrogens (tertiary/aromatic N) is 1. The normalized spacial score (nSPS) is 11.2. The summed E-state index contributed by atoms with van der Waals surface area (Å²) in [6.45, 7) is -1.39. The molecule has 0 unspecified atom stereocenters. The summed E-state index contributed by atoms with van der Waals surface area (Å²) in [6.07, 6.45) is -0.885. The van der Waals surface area contributed by atoms with Gasteiger partial charge < -0.3 is 10.1 Å². The largest absolute Gasteiger partial charge is 0.468 e. The Morgan fingerprint density at radius 1 is 1.47 bits per heavy atom. The SMILES string of the molecule is CSCCC(=O)Nc1ccc(OCC(F)(F)F)nc1. The van der Waals surface area contributed by atoms with Crippen LogP contribution >= 0.6 is 11.8 Å². The first kappa shape index (κ1) is 15.6. The van der Waals surface area contributed by atoms with E-state index < -0.39 is 12.8 Å². The number of carbonyl (C=O) groups is 1. The molecule has 106 valence electrons. The van der Waals surface area contributed by atoms with Crippen molar-refractivity contribution >= 4 is 23.4 Å². The van der Waals surface area contributed by atoms with Crippen molar-refractivity contribution < 1.29 is 22.7 Å². The van der Waals surface area contributed by atoms with Crippen LogP contribution in [0.1, 0.15) is 6.42 Å². The van der Waals surface area contributed by atoms with Crippen molar-refractivity contribution in [2.24, 2.45) is 0 Å². The fraction of sp³-hybridized carbons (Fsp3) is 0.455. The Morgan fingerprint density at radius 2 is 2.21 bits per heavy atom. The average Bonchev–Trinajstić information content (AvgIpc) is 2.34. The number of carbonyl (C=O) groups excluding carboxylic acids is 1. The molecule has 0 fully saturated rings. The summed E-state index contributed by atoms with van der Waals surface area (Å²) < 4.78 is 40.1. The zero-order valence-corrected chi connectivity index (χ0v) is 11.0. The van der Waals surface area contributed by atoms with Gasteiger partial charge in [0.2, 0.25) is 11.8 Å². The molecule has 0 saturated carbocycles. The van der Waals surface area contributed by atoms with E-state index in [0.29, 0.717) is 17.9 Å². The average molecular weight is 294 g/mol. The molecule has 0 aliphatic heterocycles. The molecule has 1 aromatic rings. The molecule has 4 nitrogen and oxygen atoms in total. The number of aromatic nitrogens is 1. The number of ether oxygens (including phenoxy) is 1. The van der Waals surface area contributed by atoms with Crippen LogP contribution < -0.4 is 10.1 Å². The lowest BCUT2D eigenvalue weighted by Gasteiger charge is -2.09. The van der Waals surface area contributed by atoms with E-state index in [4.69, 9.17) is 0 Å². The van der Waals surface area contributed by atoms with Gasteiger partial charge in [0.1, 0.15) is 0 Å². The van der Waals surface area contributed by atoms with E-state index in [0.717, 1.165) is 0 Å². The van der Waals surface area contributed by atoms with Crippen LogP contribution in [0.4, 0.5) is 18.9 Å². The fourth-order valence-corrected chi connectivity index (χ4v) is 1.50. The van der Waals surface area contributed by atoms with E-state index in [2.05, 4.69) is 15.0 Å². The third-order valence-corrected chi connectivity index (χ3v) is 2.55. The van der Waals surface area contributed by atoms with E-state index in [9.17, 15) is 18.0 Å². The highest BCUT2D eigenvalue weighted by molar-refractivity contribution is 7.98. The summed E-state index contributed by atoms with van der Waals surface area (Å²) in [7, 11) is 0. The molecule has 8 heteroatoms. The summed E-state index contributed by atoms with van der Waals surface area (Å²) in [4.78, 5) is 15.1. The molecule has 0 atom stereocenters. The molecule has 0 aromatic carbocycles. The van der Waals surface area contributed by atoms with Crippen molar-refractivity contribution in [2.45, 2.75) is 12.6 Å². The second-order valence-electron chi connectivity index (χ2n) is 3.58. The molecule has 0 saturated heterocycles. The number of alkyl halides is 3. The van der Waals surface area contributed by atoms with Gasteiger partial charge in [-0.2, -0.15) is 24.9 Å². The van der Waals surface area contributed by atoms with Crippen molar-refractivity contribution in [3.8, 4) is 5.88 Å². The summed E-state index contributed by atoms with van der Waals surface area (Å²) in [5.41, 5.74) is 0.422. The maximum Gasteiger partial charge on any atom is 0.422 e. The Bertz CT molecular complexity index is 409. The highest BCUT2D eigenvalue weighted by Gasteiger charge is 2.28. The first-order valence-corrected chi connectivity index (χ1v) is 6.74. The van der Waals surface area contributed by atoms with Crippen LogP contribution in [0.3, 0.4) is 0 Å². The second-order valence-corrected chi connectivity index (χ2v) is 4.57. The van der Waals surface area contributed by atoms with Crippen LogP contribution in [0.15, 0.2) is 18.3 Å². The number of pyridine rings is 1. The molecule has 19 heavy (non-hydrogen) atoms. The first-order chi connectivity index (χ1) is 8.90. The van der Waals surface area contributed by atoms with Crippen LogP contribution in [-0.2, 0) is 4.79 Å². The molecule has 0 bridgehead atoms. The highest BCUT2D eigenvalue weighted by atomic mass is 32.2. The van der Waals surface area contributed by atoms with Crippen LogP contribution in [0, 0.1) is 0 Å². The van der Waals surface area contributed by atoms with Crippen molar-refractivity contribution in [3.05, 3.63) is 18.3 Å². The summed E-state index contributed by atoms with van der Waals surface area (Å²) in [6, 6.07) is 2.71. The molecule has 0 aliphatic rings. The Balaban J connectivity index is 2.45. The smallest absolute Gasteiger partial charge is 0.422 e. The van der Waals surface area contributed by atoms with Gasteiger partial charge in [-0.1, -0.05) is 0 Å². The fourth-order valence-electron chi connectivity index (χ4n) is 1.11. The van der Waals surface area contributed by atoms with Gasteiger partial charge in [-0.25, -0.2) is 4.98 Å². The van der Waals surface area contributed by atoms with Gasteiger partial charge in [-0.15, -0.1) is 0 Å². The van der Waals surface area contributed by atoms with Crippen molar-refractivity contribution in [2.75, 3.05) is 23.9 Å². The third-order valence-electron chi connectivity index (χ3n) is 1.94. The van der Waals surface area contributed by atoms with E-state index in [1.165, 1.54) is 18.3 Å². The Morgan fingerprint density at radius 3 is 2.74 bits per heavy atom. The van der Waals surface area contributed by atoms with E-state index in [1.54, 1.807) is 11.8 Å². The zero-order valence-electron chi connectivity index (χ0n) is 10.2. The minimum Gasteiger partial charge on any atom is -0.468 e. The Kier molecular flexibility index (Phi) is 5.94. The van der Waals surface area contributed by atoms with Crippen LogP contribution in [-0.4, -0.2) is 35.7 Å².